The van der Waals surface area contributed by atoms with Crippen molar-refractivity contribution in [1.29, 1.82) is 0 Å². The molecule has 2 aromatic rings. The second-order valence-corrected chi connectivity index (χ2v) is 10.8. The fourth-order valence-electron chi connectivity index (χ4n) is 4.13. The van der Waals surface area contributed by atoms with Crippen LogP contribution >= 0.6 is 11.6 Å². The van der Waals surface area contributed by atoms with Crippen LogP contribution < -0.4 is 10.2 Å². The molecule has 2 amide bonds. The molecule has 176 valence electrons. The molecule has 0 spiro atoms. The third-order valence-corrected chi connectivity index (χ3v) is 8.14. The van der Waals surface area contributed by atoms with Gasteiger partial charge in [0.2, 0.25) is 21.8 Å². The number of amides is 2. The van der Waals surface area contributed by atoms with Crippen molar-refractivity contribution in [1.82, 2.24) is 9.21 Å². The number of aryl methyl sites for hydroxylation is 1. The maximum Gasteiger partial charge on any atom is 0.243 e. The number of nitrogens with one attached hydrogen (secondary N) is 1. The fourth-order valence-corrected chi connectivity index (χ4v) is 5.43. The molecule has 0 bridgehead atoms. The van der Waals surface area contributed by atoms with Crippen LogP contribution in [-0.2, 0) is 26.0 Å². The molecule has 0 saturated carbocycles. The average molecular weight is 491 g/mol. The van der Waals surface area contributed by atoms with Crippen molar-refractivity contribution in [3.63, 3.8) is 0 Å². The van der Waals surface area contributed by atoms with Gasteiger partial charge in [-0.1, -0.05) is 11.6 Å². The zero-order chi connectivity index (χ0) is 23.6. The molecule has 10 heteroatoms. The zero-order valence-electron chi connectivity index (χ0n) is 18.5. The first-order valence-corrected chi connectivity index (χ1v) is 12.7. The third kappa shape index (κ3) is 5.31. The second-order valence-electron chi connectivity index (χ2n) is 8.33. The van der Waals surface area contributed by atoms with Gasteiger partial charge in [0.05, 0.1) is 11.4 Å². The Morgan fingerprint density at radius 2 is 1.76 bits per heavy atom. The topological polar surface area (TPSA) is 90.0 Å². The first-order valence-electron chi connectivity index (χ1n) is 10.9. The number of halogens is 1. The van der Waals surface area contributed by atoms with E-state index in [1.165, 1.54) is 13.1 Å². The maximum absolute atomic E-state index is 13.1. The van der Waals surface area contributed by atoms with E-state index in [1.807, 2.05) is 24.3 Å². The zero-order valence-corrected chi connectivity index (χ0v) is 20.0. The quantitative estimate of drug-likeness (QED) is 0.695. The Kier molecular flexibility index (Phi) is 6.92. The first-order chi connectivity index (χ1) is 15.7. The van der Waals surface area contributed by atoms with Crippen molar-refractivity contribution in [3.05, 3.63) is 53.1 Å². The summed E-state index contributed by atoms with van der Waals surface area (Å²) in [6.07, 6.45) is 1.70. The average Bonchev–Trinajstić information content (AvgIpc) is 2.99. The molecule has 0 radical (unpaired) electrons. The van der Waals surface area contributed by atoms with E-state index in [2.05, 4.69) is 10.2 Å². The SMILES string of the molecule is CN(CC(=O)N1CCN(c2ccc(Cl)cc2)CC1)S(=O)(=O)c1ccc2c(c1)CCCC(=O)N2. The summed E-state index contributed by atoms with van der Waals surface area (Å²) in [4.78, 5) is 28.6. The molecule has 1 fully saturated rings. The van der Waals surface area contributed by atoms with Crippen LogP contribution in [0.1, 0.15) is 18.4 Å². The third-order valence-electron chi connectivity index (χ3n) is 6.09. The van der Waals surface area contributed by atoms with Crippen LogP contribution in [0.2, 0.25) is 5.02 Å². The molecule has 0 unspecified atom stereocenters. The van der Waals surface area contributed by atoms with Crippen molar-refractivity contribution in [2.45, 2.75) is 24.2 Å². The molecule has 4 rings (SSSR count). The molecule has 1 N–H and O–H groups in total. The highest BCUT2D eigenvalue weighted by atomic mass is 35.5. The second kappa shape index (κ2) is 9.70. The van der Waals surface area contributed by atoms with Gasteiger partial charge in [-0.05, 0) is 60.9 Å². The van der Waals surface area contributed by atoms with Gasteiger partial charge >= 0.3 is 0 Å². The van der Waals surface area contributed by atoms with Crippen LogP contribution in [0.25, 0.3) is 0 Å². The number of hydrogen-bond acceptors (Lipinski definition) is 5. The normalized spacial score (nSPS) is 16.9. The molecule has 8 nitrogen and oxygen atoms in total. The smallest absolute Gasteiger partial charge is 0.243 e. The van der Waals surface area contributed by atoms with Gasteiger partial charge in [-0.25, -0.2) is 8.42 Å². The van der Waals surface area contributed by atoms with Crippen molar-refractivity contribution in [3.8, 4) is 0 Å². The molecule has 0 aliphatic carbocycles. The number of piperazine rings is 1. The summed E-state index contributed by atoms with van der Waals surface area (Å²) in [6.45, 7) is 2.15. The Morgan fingerprint density at radius 3 is 2.45 bits per heavy atom. The summed E-state index contributed by atoms with van der Waals surface area (Å²) < 4.78 is 27.3. The van der Waals surface area contributed by atoms with Gasteiger partial charge in [-0.3, -0.25) is 9.59 Å². The lowest BCUT2D eigenvalue weighted by atomic mass is 10.1. The van der Waals surface area contributed by atoms with Gasteiger partial charge in [0.1, 0.15) is 0 Å². The van der Waals surface area contributed by atoms with Crippen molar-refractivity contribution < 1.29 is 18.0 Å². The van der Waals surface area contributed by atoms with E-state index in [1.54, 1.807) is 17.0 Å². The van der Waals surface area contributed by atoms with Gasteiger partial charge in [-0.2, -0.15) is 4.31 Å². The van der Waals surface area contributed by atoms with Crippen molar-refractivity contribution in [2.24, 2.45) is 0 Å². The van der Waals surface area contributed by atoms with Crippen LogP contribution in [0.4, 0.5) is 11.4 Å². The molecular formula is C23H27ClN4O4S. The highest BCUT2D eigenvalue weighted by Gasteiger charge is 2.28. The van der Waals surface area contributed by atoms with Gasteiger partial charge in [0.25, 0.3) is 0 Å². The Hall–Kier alpha value is -2.62. The van der Waals surface area contributed by atoms with Crippen LogP contribution in [0.15, 0.2) is 47.4 Å². The summed E-state index contributed by atoms with van der Waals surface area (Å²) in [5.41, 5.74) is 2.49. The predicted octanol–water partition coefficient (Wildman–Crippen LogP) is 2.58. The summed E-state index contributed by atoms with van der Waals surface area (Å²) in [5, 5.41) is 3.48. The Morgan fingerprint density at radius 1 is 1.06 bits per heavy atom. The summed E-state index contributed by atoms with van der Waals surface area (Å²) in [5.74, 6) is -0.290. The lowest BCUT2D eigenvalue weighted by Crippen LogP contribution is -2.51. The summed E-state index contributed by atoms with van der Waals surface area (Å²) in [7, 11) is -2.42. The van der Waals surface area contributed by atoms with Crippen LogP contribution in [0, 0.1) is 0 Å². The summed E-state index contributed by atoms with van der Waals surface area (Å²) in [6, 6.07) is 12.3. The Labute approximate surface area is 199 Å². The molecular weight excluding hydrogens is 464 g/mol. The minimum atomic E-state index is -3.84. The molecule has 0 atom stereocenters. The number of carbonyl (C=O) groups excluding carboxylic acids is 2. The van der Waals surface area contributed by atoms with E-state index < -0.39 is 10.0 Å². The molecule has 33 heavy (non-hydrogen) atoms. The number of fused-ring (bicyclic) bond motifs is 1. The lowest BCUT2D eigenvalue weighted by molar-refractivity contribution is -0.131. The molecule has 2 aliphatic heterocycles. The van der Waals surface area contributed by atoms with Crippen molar-refractivity contribution >= 4 is 44.8 Å². The number of likely N-dealkylation sites (N-methyl/N-ethyl adjacent to an activating group) is 1. The van der Waals surface area contributed by atoms with Gasteiger partial charge in [0.15, 0.2) is 0 Å². The largest absolute Gasteiger partial charge is 0.368 e. The van der Waals surface area contributed by atoms with Gasteiger partial charge in [-0.15, -0.1) is 0 Å². The van der Waals surface area contributed by atoms with Crippen molar-refractivity contribution in [2.75, 3.05) is 50.0 Å². The molecule has 1 saturated heterocycles. The Bertz CT molecular complexity index is 1150. The maximum atomic E-state index is 13.1. The molecule has 2 aromatic carbocycles. The highest BCUT2D eigenvalue weighted by Crippen LogP contribution is 2.26. The van der Waals surface area contributed by atoms with Gasteiger partial charge < -0.3 is 15.1 Å². The standard InChI is InChI=1S/C23H27ClN4O4S/c1-26(33(31,32)20-9-10-21-17(15-20)3-2-4-22(29)25-21)16-23(30)28-13-11-27(12-14-28)19-7-5-18(24)6-8-19/h5-10,15H,2-4,11-14,16H2,1H3,(H,25,29). The highest BCUT2D eigenvalue weighted by molar-refractivity contribution is 7.89. The van der Waals surface area contributed by atoms with E-state index in [-0.39, 0.29) is 23.3 Å². The van der Waals surface area contributed by atoms with E-state index in [9.17, 15) is 18.0 Å². The number of benzene rings is 2. The van der Waals surface area contributed by atoms with E-state index in [4.69, 9.17) is 11.6 Å². The van der Waals surface area contributed by atoms with E-state index in [0.717, 1.165) is 15.6 Å². The molecule has 2 aliphatic rings. The number of rotatable bonds is 5. The van der Waals surface area contributed by atoms with Crippen LogP contribution in [-0.4, -0.2) is 69.2 Å². The van der Waals surface area contributed by atoms with E-state index in [0.29, 0.717) is 56.2 Å². The predicted molar refractivity (Wildman–Crippen MR) is 128 cm³/mol. The van der Waals surface area contributed by atoms with E-state index >= 15 is 0 Å². The monoisotopic (exact) mass is 490 g/mol. The summed E-state index contributed by atoms with van der Waals surface area (Å²) >= 11 is 5.95. The first kappa shape index (κ1) is 23.5. The number of carbonyl (C=O) groups is 2. The number of anilines is 2. The Balaban J connectivity index is 1.38. The lowest BCUT2D eigenvalue weighted by Gasteiger charge is -2.36. The molecule has 0 aromatic heterocycles. The minimum absolute atomic E-state index is 0.0665. The number of sulfonamides is 1. The number of hydrogen-bond donors (Lipinski definition) is 1. The van der Waals surface area contributed by atoms with Crippen LogP contribution in [0.3, 0.4) is 0 Å². The fraction of sp³-hybridized carbons (Fsp3) is 0.391. The van der Waals surface area contributed by atoms with Gasteiger partial charge in [0, 0.05) is 56.0 Å². The van der Waals surface area contributed by atoms with Crippen LogP contribution in [0.5, 0.6) is 0 Å². The molecule has 2 heterocycles. The number of nitrogens with zero attached hydrogens (tertiary/aromatic N) is 3. The minimum Gasteiger partial charge on any atom is -0.368 e.